The predicted octanol–water partition coefficient (Wildman–Crippen LogP) is 2.34. The van der Waals surface area contributed by atoms with Gasteiger partial charge in [0.1, 0.15) is 10.9 Å². The van der Waals surface area contributed by atoms with Crippen molar-refractivity contribution in [3.63, 3.8) is 0 Å². The predicted molar refractivity (Wildman–Crippen MR) is 84.4 cm³/mol. The molecule has 1 aliphatic rings. The van der Waals surface area contributed by atoms with Crippen molar-refractivity contribution in [3.05, 3.63) is 29.8 Å². The maximum atomic E-state index is 12.7. The van der Waals surface area contributed by atoms with Crippen LogP contribution >= 0.6 is 0 Å². The normalized spacial score (nSPS) is 17.0. The van der Waals surface area contributed by atoms with Crippen molar-refractivity contribution >= 4 is 21.9 Å². The van der Waals surface area contributed by atoms with Crippen LogP contribution in [0.1, 0.15) is 49.9 Å². The maximum Gasteiger partial charge on any atom is 0.330 e. The summed E-state index contributed by atoms with van der Waals surface area (Å²) in [7, 11) is -4.01. The third-order valence-electron chi connectivity index (χ3n) is 3.78. The van der Waals surface area contributed by atoms with Crippen LogP contribution in [-0.4, -0.2) is 37.2 Å². The van der Waals surface area contributed by atoms with E-state index in [9.17, 15) is 18.0 Å². The summed E-state index contributed by atoms with van der Waals surface area (Å²) in [6.07, 6.45) is 2.70. The van der Waals surface area contributed by atoms with Crippen LogP contribution in [0.25, 0.3) is 0 Å². The Morgan fingerprint density at radius 2 is 1.91 bits per heavy atom. The molecule has 1 heterocycles. The summed E-state index contributed by atoms with van der Waals surface area (Å²) in [5, 5.41) is 0. The summed E-state index contributed by atoms with van der Waals surface area (Å²) in [5.41, 5.74) is 0.109. The van der Waals surface area contributed by atoms with Gasteiger partial charge < -0.3 is 4.74 Å². The van der Waals surface area contributed by atoms with E-state index in [-0.39, 0.29) is 23.5 Å². The molecule has 126 valence electrons. The number of hydrogen-bond acceptors (Lipinski definition) is 5. The van der Waals surface area contributed by atoms with Crippen molar-refractivity contribution in [2.75, 3.05) is 6.61 Å². The molecule has 0 aliphatic carbocycles. The summed E-state index contributed by atoms with van der Waals surface area (Å²) in [6, 6.07) is 4.90. The van der Waals surface area contributed by atoms with E-state index in [1.807, 2.05) is 6.92 Å². The van der Waals surface area contributed by atoms with E-state index in [1.165, 1.54) is 12.1 Å². The molecule has 0 saturated carbocycles. The highest BCUT2D eigenvalue weighted by molar-refractivity contribution is 7.90. The standard InChI is InChI=1S/C16H21NO5S/c1-3-5-6-10-13(16(19)22-4-2)17-15(18)12-9-7-8-11-14(12)23(17,20)21/h7-9,11,13H,3-6,10H2,1-2H3. The minimum Gasteiger partial charge on any atom is -0.464 e. The van der Waals surface area contributed by atoms with Crippen molar-refractivity contribution in [1.82, 2.24) is 4.31 Å². The number of carbonyl (C=O) groups is 2. The van der Waals surface area contributed by atoms with Crippen LogP contribution in [0, 0.1) is 0 Å². The molecule has 0 saturated heterocycles. The van der Waals surface area contributed by atoms with Gasteiger partial charge in [-0.3, -0.25) is 4.79 Å². The second kappa shape index (κ2) is 7.12. The summed E-state index contributed by atoms with van der Waals surface area (Å²) in [6.45, 7) is 3.79. The Kier molecular flexibility index (Phi) is 5.41. The monoisotopic (exact) mass is 339 g/mol. The van der Waals surface area contributed by atoms with Crippen molar-refractivity contribution in [2.45, 2.75) is 50.5 Å². The third kappa shape index (κ3) is 3.24. The Hall–Kier alpha value is -1.89. The molecule has 0 N–H and O–H groups in total. The molecule has 1 aromatic rings. The van der Waals surface area contributed by atoms with Gasteiger partial charge in [0.2, 0.25) is 0 Å². The zero-order valence-corrected chi connectivity index (χ0v) is 14.1. The molecular formula is C16H21NO5S. The molecule has 1 atom stereocenters. The quantitative estimate of drug-likeness (QED) is 0.562. The second-order valence-corrected chi connectivity index (χ2v) is 7.15. The lowest BCUT2D eigenvalue weighted by Crippen LogP contribution is -2.45. The Bertz CT molecular complexity index is 698. The van der Waals surface area contributed by atoms with E-state index in [0.717, 1.165) is 12.8 Å². The molecule has 6 nitrogen and oxygen atoms in total. The van der Waals surface area contributed by atoms with Gasteiger partial charge >= 0.3 is 5.97 Å². The van der Waals surface area contributed by atoms with Crippen molar-refractivity contribution < 1.29 is 22.7 Å². The summed E-state index contributed by atoms with van der Waals surface area (Å²) in [5.74, 6) is -1.33. The Morgan fingerprint density at radius 1 is 1.22 bits per heavy atom. The van der Waals surface area contributed by atoms with Gasteiger partial charge in [0.15, 0.2) is 0 Å². The fourth-order valence-electron chi connectivity index (χ4n) is 2.67. The first-order valence-corrected chi connectivity index (χ1v) is 9.23. The summed E-state index contributed by atoms with van der Waals surface area (Å²) < 4.78 is 31.0. The smallest absolute Gasteiger partial charge is 0.330 e. The Labute approximate surface area is 136 Å². The van der Waals surface area contributed by atoms with Crippen LogP contribution in [0.15, 0.2) is 29.2 Å². The lowest BCUT2D eigenvalue weighted by Gasteiger charge is -2.24. The number of fused-ring (bicyclic) bond motifs is 1. The van der Waals surface area contributed by atoms with Crippen LogP contribution < -0.4 is 0 Å². The fourth-order valence-corrected chi connectivity index (χ4v) is 4.41. The molecule has 0 aromatic heterocycles. The molecule has 0 bridgehead atoms. The number of unbranched alkanes of at least 4 members (excludes halogenated alkanes) is 2. The minimum absolute atomic E-state index is 0.0465. The molecule has 1 amide bonds. The van der Waals surface area contributed by atoms with Crippen molar-refractivity contribution in [3.8, 4) is 0 Å². The molecular weight excluding hydrogens is 318 g/mol. The van der Waals surface area contributed by atoms with E-state index in [4.69, 9.17) is 4.74 Å². The molecule has 1 aliphatic heterocycles. The third-order valence-corrected chi connectivity index (χ3v) is 5.63. The largest absolute Gasteiger partial charge is 0.464 e. The number of ether oxygens (including phenoxy) is 1. The van der Waals surface area contributed by atoms with E-state index in [2.05, 4.69) is 0 Å². The van der Waals surface area contributed by atoms with Gasteiger partial charge in [-0.25, -0.2) is 17.5 Å². The number of nitrogens with zero attached hydrogens (tertiary/aromatic N) is 1. The summed E-state index contributed by atoms with van der Waals surface area (Å²) in [4.78, 5) is 24.7. The number of rotatable bonds is 7. The van der Waals surface area contributed by atoms with Crippen LogP contribution in [0.5, 0.6) is 0 Å². The average Bonchev–Trinajstić information content (AvgIpc) is 2.72. The Morgan fingerprint density at radius 3 is 2.52 bits per heavy atom. The summed E-state index contributed by atoms with van der Waals surface area (Å²) >= 11 is 0. The van der Waals surface area contributed by atoms with Crippen LogP contribution in [0.4, 0.5) is 0 Å². The highest BCUT2D eigenvalue weighted by atomic mass is 32.2. The van der Waals surface area contributed by atoms with Gasteiger partial charge in [-0.15, -0.1) is 0 Å². The number of hydrogen-bond donors (Lipinski definition) is 0. The van der Waals surface area contributed by atoms with Crippen molar-refractivity contribution in [2.24, 2.45) is 0 Å². The zero-order valence-electron chi connectivity index (χ0n) is 13.3. The molecule has 1 unspecified atom stereocenters. The van der Waals surface area contributed by atoms with Gasteiger partial charge in [0.05, 0.1) is 12.2 Å². The topological polar surface area (TPSA) is 80.8 Å². The average molecular weight is 339 g/mol. The van der Waals surface area contributed by atoms with Crippen LogP contribution in [0.2, 0.25) is 0 Å². The van der Waals surface area contributed by atoms with Gasteiger partial charge in [-0.2, -0.15) is 0 Å². The number of sulfonamides is 1. The molecule has 2 rings (SSSR count). The Balaban J connectivity index is 2.39. The number of amides is 1. The van der Waals surface area contributed by atoms with Crippen LogP contribution in [0.3, 0.4) is 0 Å². The highest BCUT2D eigenvalue weighted by Crippen LogP contribution is 2.33. The number of benzene rings is 1. The number of esters is 1. The SMILES string of the molecule is CCCCCC(C(=O)OCC)N1C(=O)c2ccccc2S1(=O)=O. The van der Waals surface area contributed by atoms with Gasteiger partial charge in [0, 0.05) is 0 Å². The lowest BCUT2D eigenvalue weighted by atomic mass is 10.1. The minimum atomic E-state index is -4.01. The van der Waals surface area contributed by atoms with Gasteiger partial charge in [0.25, 0.3) is 15.9 Å². The molecule has 23 heavy (non-hydrogen) atoms. The lowest BCUT2D eigenvalue weighted by molar-refractivity contribution is -0.147. The first-order valence-electron chi connectivity index (χ1n) is 7.79. The first-order chi connectivity index (χ1) is 10.9. The molecule has 0 radical (unpaired) electrons. The number of carbonyl (C=O) groups excluding carboxylic acids is 2. The first kappa shape index (κ1) is 17.5. The zero-order chi connectivity index (χ0) is 17.0. The van der Waals surface area contributed by atoms with E-state index in [1.54, 1.807) is 19.1 Å². The van der Waals surface area contributed by atoms with E-state index >= 15 is 0 Å². The van der Waals surface area contributed by atoms with Gasteiger partial charge in [-0.05, 0) is 25.5 Å². The fraction of sp³-hybridized carbons (Fsp3) is 0.500. The van der Waals surface area contributed by atoms with E-state index < -0.39 is 27.9 Å². The van der Waals surface area contributed by atoms with E-state index in [0.29, 0.717) is 10.7 Å². The van der Waals surface area contributed by atoms with Gasteiger partial charge in [-0.1, -0.05) is 38.3 Å². The maximum absolute atomic E-state index is 12.7. The second-order valence-electron chi connectivity index (χ2n) is 5.37. The molecule has 7 heteroatoms. The van der Waals surface area contributed by atoms with Crippen LogP contribution in [-0.2, 0) is 19.6 Å². The molecule has 0 spiro atoms. The molecule has 1 aromatic carbocycles. The highest BCUT2D eigenvalue weighted by Gasteiger charge is 2.47. The van der Waals surface area contributed by atoms with Crippen molar-refractivity contribution in [1.29, 1.82) is 0 Å². The molecule has 0 fully saturated rings.